The molecule has 330 valence electrons. The molecule has 4 N–H and O–H groups in total. The normalized spacial score (nSPS) is 21.6. The number of H-pyrrole nitrogens is 2. The van der Waals surface area contributed by atoms with E-state index in [1.807, 2.05) is 36.9 Å². The first-order valence-electron chi connectivity index (χ1n) is 21.1. The van der Waals surface area contributed by atoms with Crippen molar-refractivity contribution in [1.29, 1.82) is 0 Å². The van der Waals surface area contributed by atoms with Gasteiger partial charge in [-0.3, -0.25) is 14.9 Å². The van der Waals surface area contributed by atoms with Crippen LogP contribution >= 0.6 is 11.6 Å². The smallest absolute Gasteiger partial charge is 0.407 e. The van der Waals surface area contributed by atoms with E-state index in [0.29, 0.717) is 29.7 Å². The minimum atomic E-state index is -0.958. The van der Waals surface area contributed by atoms with Crippen LogP contribution in [-0.4, -0.2) is 119 Å². The van der Waals surface area contributed by atoms with Crippen molar-refractivity contribution in [3.63, 3.8) is 0 Å². The second-order valence-corrected chi connectivity index (χ2v) is 17.0. The first-order valence-corrected chi connectivity index (χ1v) is 21.5. The van der Waals surface area contributed by atoms with Crippen LogP contribution in [0, 0.1) is 0 Å². The third kappa shape index (κ3) is 7.87. The van der Waals surface area contributed by atoms with Gasteiger partial charge >= 0.3 is 6.09 Å². The molecule has 2 saturated heterocycles. The molecule has 17 heteroatoms. The molecular formula is C45H55ClN8O8. The van der Waals surface area contributed by atoms with Gasteiger partial charge in [0.2, 0.25) is 11.8 Å². The van der Waals surface area contributed by atoms with Crippen LogP contribution in [0.1, 0.15) is 82.7 Å². The molecule has 3 aliphatic rings. The van der Waals surface area contributed by atoms with E-state index in [1.54, 1.807) is 26.0 Å². The molecule has 8 rings (SSSR count). The van der Waals surface area contributed by atoms with E-state index in [9.17, 15) is 14.4 Å². The highest BCUT2D eigenvalue weighted by molar-refractivity contribution is 6.32. The van der Waals surface area contributed by atoms with Crippen LogP contribution in [-0.2, 0) is 35.1 Å². The number of carbonyl (C=O) groups is 3. The minimum absolute atomic E-state index is 0.0270. The Bertz CT molecular complexity index is 2490. The summed E-state index contributed by atoms with van der Waals surface area (Å²) < 4.78 is 27.5. The van der Waals surface area contributed by atoms with Crippen molar-refractivity contribution in [2.24, 2.45) is 0 Å². The fraction of sp³-hybridized carbons (Fsp3) is 0.489. The molecule has 0 aliphatic carbocycles. The molecule has 3 amide bonds. The summed E-state index contributed by atoms with van der Waals surface area (Å²) in [5, 5.41) is 8.16. The average molecular weight is 871 g/mol. The van der Waals surface area contributed by atoms with Gasteiger partial charge in [-0.05, 0) is 94.2 Å². The molecule has 2 aromatic heterocycles. The third-order valence-electron chi connectivity index (χ3n) is 12.9. The number of fused-ring (bicyclic) bond motifs is 6. The number of nitrogens with one attached hydrogen (secondary N) is 4. The predicted octanol–water partition coefficient (Wildman–Crippen LogP) is 6.78. The van der Waals surface area contributed by atoms with Gasteiger partial charge in [0.15, 0.2) is 0 Å². The highest BCUT2D eigenvalue weighted by Crippen LogP contribution is 2.45. The van der Waals surface area contributed by atoms with Gasteiger partial charge in [-0.1, -0.05) is 29.8 Å². The Morgan fingerprint density at radius 1 is 0.839 bits per heavy atom. The largest absolute Gasteiger partial charge is 0.488 e. The summed E-state index contributed by atoms with van der Waals surface area (Å²) in [5.74, 6) is 1.73. The molecule has 62 heavy (non-hydrogen) atoms. The van der Waals surface area contributed by atoms with Crippen LogP contribution in [0.2, 0.25) is 5.15 Å². The lowest BCUT2D eigenvalue weighted by molar-refractivity contribution is -0.140. The maximum Gasteiger partial charge on any atom is 0.407 e. The molecule has 0 radical (unpaired) electrons. The van der Waals surface area contributed by atoms with Crippen LogP contribution in [0.5, 0.6) is 5.75 Å². The number of hydrogen-bond acceptors (Lipinski definition) is 11. The van der Waals surface area contributed by atoms with Crippen molar-refractivity contribution in [3.05, 3.63) is 64.8 Å². The van der Waals surface area contributed by atoms with Crippen molar-refractivity contribution in [2.75, 3.05) is 35.2 Å². The summed E-state index contributed by atoms with van der Waals surface area (Å²) in [5.41, 5.74) is 6.07. The van der Waals surface area contributed by atoms with E-state index < -0.39 is 30.3 Å². The van der Waals surface area contributed by atoms with Gasteiger partial charge < -0.3 is 48.8 Å². The number of amides is 3. The molecule has 5 heterocycles. The van der Waals surface area contributed by atoms with E-state index in [0.717, 1.165) is 74.9 Å². The number of benzene rings is 3. The fourth-order valence-electron chi connectivity index (χ4n) is 9.36. The van der Waals surface area contributed by atoms with Gasteiger partial charge in [0.05, 0.1) is 49.2 Å². The number of hydrogen-bond donors (Lipinski definition) is 4. The number of alkyl carbamates (subject to hydrolysis) is 1. The highest BCUT2D eigenvalue weighted by Gasteiger charge is 2.43. The molecule has 3 aromatic carbocycles. The second-order valence-electron chi connectivity index (χ2n) is 16.6. The van der Waals surface area contributed by atoms with Crippen molar-refractivity contribution < 1.29 is 38.1 Å². The number of ether oxygens (including phenoxy) is 5. The highest BCUT2D eigenvalue weighted by atomic mass is 35.5. The van der Waals surface area contributed by atoms with E-state index in [1.165, 1.54) is 14.2 Å². The Balaban J connectivity index is 1.06. The van der Waals surface area contributed by atoms with Gasteiger partial charge in [-0.2, -0.15) is 0 Å². The number of rotatable bonds is 13. The molecule has 8 atom stereocenters. The molecule has 0 spiro atoms. The Morgan fingerprint density at radius 3 is 2.16 bits per heavy atom. The van der Waals surface area contributed by atoms with Crippen molar-refractivity contribution in [3.8, 4) is 28.1 Å². The quantitative estimate of drug-likeness (QED) is 0.0915. The number of methoxy groups -OCH3 is 4. The van der Waals surface area contributed by atoms with Gasteiger partial charge in [0, 0.05) is 49.9 Å². The standard InChI is InChI=1S/C45H55ClN8O8/c1-22-9-15-33(53(22)43(55)36(24(3)59-6)47-21-58-5)41-48-32-14-12-26-18-31-29-13-11-27(17-28(29)20-62-35(31)19-30(26)39(32)50-41)38-40(46)52-42(49-38)34-16-10-23(2)54(34)44(56)37(25(4)60-7)51-45(57)61-8/h11-14,17-19,22-25,33-34,36-37,47H,9-10,15-16,20-21H2,1-8H3,(H,48,50)(H,49,52)(H,51,57)/t22-,23-,24+,25+,33-,34-,36-,37-/m0/s1. The number of imidazole rings is 2. The third-order valence-corrected chi connectivity index (χ3v) is 13.2. The lowest BCUT2D eigenvalue weighted by atomic mass is 9.92. The molecule has 0 bridgehead atoms. The molecule has 16 nitrogen and oxygen atoms in total. The zero-order valence-electron chi connectivity index (χ0n) is 36.3. The fourth-order valence-corrected chi connectivity index (χ4v) is 9.61. The van der Waals surface area contributed by atoms with Crippen molar-refractivity contribution >= 4 is 51.3 Å². The van der Waals surface area contributed by atoms with E-state index in [2.05, 4.69) is 51.8 Å². The van der Waals surface area contributed by atoms with E-state index in [4.69, 9.17) is 45.3 Å². The van der Waals surface area contributed by atoms with Gasteiger partial charge in [0.25, 0.3) is 0 Å². The van der Waals surface area contributed by atoms with Crippen LogP contribution < -0.4 is 15.4 Å². The minimum Gasteiger partial charge on any atom is -0.488 e. The summed E-state index contributed by atoms with van der Waals surface area (Å²) in [7, 11) is 5.94. The summed E-state index contributed by atoms with van der Waals surface area (Å²) >= 11 is 6.86. The van der Waals surface area contributed by atoms with Crippen molar-refractivity contribution in [2.45, 2.75) is 108 Å². The van der Waals surface area contributed by atoms with Gasteiger partial charge in [-0.15, -0.1) is 0 Å². The Morgan fingerprint density at radius 2 is 1.50 bits per heavy atom. The molecule has 5 aromatic rings. The number of carbonyl (C=O) groups excluding carboxylic acids is 3. The molecule has 0 saturated carbocycles. The lowest BCUT2D eigenvalue weighted by Crippen LogP contribution is -2.55. The number of likely N-dealkylation sites (tertiary alicyclic amines) is 2. The summed E-state index contributed by atoms with van der Waals surface area (Å²) in [4.78, 5) is 60.8. The summed E-state index contributed by atoms with van der Waals surface area (Å²) in [6.07, 6.45) is 1.37. The SMILES string of the molecule is COCN[C@H](C(=O)N1[C@@H](C)CC[C@H]1c1nc2c(ccc3cc4c(cc32)OCc2cc(-c3nc([C@@H]5CC[C@H](C)N5C(=O)[C@@H](NC(=O)OC)[C@@H](C)OC)[nH]c3Cl)ccc2-4)[nH]1)[C@@H](C)OC. The molecule has 0 unspecified atom stereocenters. The zero-order valence-corrected chi connectivity index (χ0v) is 37.1. The number of aromatic nitrogens is 4. The second kappa shape index (κ2) is 17.8. The predicted molar refractivity (Wildman–Crippen MR) is 234 cm³/mol. The lowest BCUT2D eigenvalue weighted by Gasteiger charge is -2.33. The van der Waals surface area contributed by atoms with Crippen LogP contribution in [0.3, 0.4) is 0 Å². The topological polar surface area (TPSA) is 185 Å². The Labute approximate surface area is 365 Å². The van der Waals surface area contributed by atoms with Crippen LogP contribution in [0.25, 0.3) is 44.2 Å². The Hall–Kier alpha value is -5.26. The van der Waals surface area contributed by atoms with Crippen LogP contribution in [0.4, 0.5) is 4.79 Å². The summed E-state index contributed by atoms with van der Waals surface area (Å²) in [6, 6.07) is 12.2. The molecular weight excluding hydrogens is 816 g/mol. The molecule has 2 fully saturated rings. The number of nitrogens with zero attached hydrogens (tertiary/aromatic N) is 4. The van der Waals surface area contributed by atoms with Crippen molar-refractivity contribution in [1.82, 2.24) is 40.4 Å². The van der Waals surface area contributed by atoms with Gasteiger partial charge in [-0.25, -0.2) is 14.8 Å². The maximum atomic E-state index is 14.1. The first kappa shape index (κ1) is 43.4. The zero-order chi connectivity index (χ0) is 44.0. The van der Waals surface area contributed by atoms with E-state index >= 15 is 0 Å². The van der Waals surface area contributed by atoms with Crippen LogP contribution in [0.15, 0.2) is 42.5 Å². The average Bonchev–Trinajstić information content (AvgIpc) is 4.08. The molecule has 3 aliphatic heterocycles. The Kier molecular flexibility index (Phi) is 12.5. The number of aromatic amines is 2. The van der Waals surface area contributed by atoms with E-state index in [-0.39, 0.29) is 42.8 Å². The van der Waals surface area contributed by atoms with Gasteiger partial charge in [0.1, 0.15) is 46.9 Å². The number of halogens is 1. The monoisotopic (exact) mass is 870 g/mol. The first-order chi connectivity index (χ1) is 29.9. The summed E-state index contributed by atoms with van der Waals surface area (Å²) in [6.45, 7) is 8.23. The maximum absolute atomic E-state index is 14.1.